The molecule has 1 aliphatic rings. The number of thioether (sulfide) groups is 1. The molecular weight excluding hydrogens is 1480 g/mol. The summed E-state index contributed by atoms with van der Waals surface area (Å²) in [4.78, 5) is 212. The number of aliphatic hydroxyl groups excluding tert-OH is 15. The van der Waals surface area contributed by atoms with Gasteiger partial charge in [0.15, 0.2) is 5.78 Å². The third kappa shape index (κ3) is 35.9. The highest BCUT2D eigenvalue weighted by Crippen LogP contribution is 2.29. The fourth-order valence-corrected chi connectivity index (χ4v) is 11.2. The lowest BCUT2D eigenvalue weighted by molar-refractivity contribution is -0.143. The fourth-order valence-electron chi connectivity index (χ4n) is 9.95. The molecule has 20 atom stereocenters. The monoisotopic (exact) mass is 1580 g/mol. The van der Waals surface area contributed by atoms with Crippen molar-refractivity contribution in [3.05, 3.63) is 0 Å². The van der Waals surface area contributed by atoms with Crippen LogP contribution in [0, 0.1) is 5.92 Å². The van der Waals surface area contributed by atoms with E-state index in [1.54, 1.807) is 6.92 Å². The molecule has 0 aromatic heterocycles. The van der Waals surface area contributed by atoms with Crippen LogP contribution in [-0.2, 0) is 76.7 Å². The summed E-state index contributed by atoms with van der Waals surface area (Å²) in [5, 5.41) is 204. The van der Waals surface area contributed by atoms with Gasteiger partial charge in [0, 0.05) is 96.1 Å². The van der Waals surface area contributed by atoms with Crippen molar-refractivity contribution < 1.29 is 174 Å². The molecule has 0 aliphatic carbocycles. The minimum atomic E-state index is -2.24. The van der Waals surface area contributed by atoms with Crippen molar-refractivity contribution in [1.29, 1.82) is 0 Å². The number of carboxylic acids is 4. The molecule has 45 nitrogen and oxygen atoms in total. The van der Waals surface area contributed by atoms with Crippen molar-refractivity contribution >= 4 is 106 Å². The van der Waals surface area contributed by atoms with E-state index in [0.29, 0.717) is 11.8 Å². The van der Waals surface area contributed by atoms with Gasteiger partial charge in [-0.25, -0.2) is 0 Å². The van der Waals surface area contributed by atoms with Crippen LogP contribution >= 0.6 is 11.8 Å². The Morgan fingerprint density at radius 3 is 1.12 bits per heavy atom. The first-order chi connectivity index (χ1) is 50.5. The highest BCUT2D eigenvalue weighted by molar-refractivity contribution is 8.00. The van der Waals surface area contributed by atoms with E-state index in [9.17, 15) is 164 Å². The average molecular weight is 1580 g/mol. The Bertz CT molecular complexity index is 3010. The maximum absolute atomic E-state index is 14.7. The third-order valence-electron chi connectivity index (χ3n) is 16.8. The van der Waals surface area contributed by atoms with Gasteiger partial charge in [-0.1, -0.05) is 6.92 Å². The molecule has 108 heavy (non-hydrogen) atoms. The topological polar surface area (TPSA) is 783 Å². The molecule has 0 aromatic carbocycles. The molecule has 0 aromatic rings. The van der Waals surface area contributed by atoms with E-state index in [-0.39, 0.29) is 31.6 Å². The molecule has 1 aliphatic heterocycles. The van der Waals surface area contributed by atoms with Crippen LogP contribution < -0.4 is 48.3 Å². The number of carbonyl (C=O) groups is 16. The number of nitrogens with zero attached hydrogens (tertiary/aromatic N) is 1. The molecular formula is C62H102N10O35S. The number of amides is 10. The van der Waals surface area contributed by atoms with Gasteiger partial charge in [-0.3, -0.25) is 81.6 Å². The maximum atomic E-state index is 14.7. The zero-order valence-corrected chi connectivity index (χ0v) is 59.5. The van der Waals surface area contributed by atoms with Gasteiger partial charge in [-0.15, -0.1) is 11.8 Å². The van der Waals surface area contributed by atoms with E-state index in [1.807, 2.05) is 0 Å². The number of nitrogens with two attached hydrogens (primary N) is 1. The third-order valence-corrected chi connectivity index (χ3v) is 18.1. The number of rotatable bonds is 58. The first kappa shape index (κ1) is 97.8. The number of aliphatic hydroxyl groups is 15. The number of carboxylic acid groups (broad SMARTS) is 4. The quantitative estimate of drug-likeness (QED) is 0.0251. The van der Waals surface area contributed by atoms with Gasteiger partial charge in [-0.05, 0) is 44.9 Å². The normalized spacial score (nSPS) is 18.3. The second-order valence-corrected chi connectivity index (χ2v) is 26.5. The predicted molar refractivity (Wildman–Crippen MR) is 361 cm³/mol. The highest BCUT2D eigenvalue weighted by atomic mass is 32.2. The van der Waals surface area contributed by atoms with Crippen molar-refractivity contribution in [3.8, 4) is 0 Å². The lowest BCUT2D eigenvalue weighted by Gasteiger charge is -2.28. The highest BCUT2D eigenvalue weighted by Gasteiger charge is 2.42. The number of imide groups is 1. The zero-order valence-electron chi connectivity index (χ0n) is 58.7. The van der Waals surface area contributed by atoms with E-state index in [4.69, 9.17) is 15.9 Å². The van der Waals surface area contributed by atoms with E-state index < -0.39 is 344 Å². The Morgan fingerprint density at radius 1 is 0.444 bits per heavy atom. The molecule has 1 fully saturated rings. The largest absolute Gasteiger partial charge is 0.481 e. The van der Waals surface area contributed by atoms with E-state index in [2.05, 4.69) is 42.5 Å². The van der Waals surface area contributed by atoms with Crippen LogP contribution in [0.3, 0.4) is 0 Å². The summed E-state index contributed by atoms with van der Waals surface area (Å²) >= 11 is 0.664. The van der Waals surface area contributed by atoms with Crippen LogP contribution in [0.2, 0.25) is 0 Å². The predicted octanol–water partition coefficient (Wildman–Crippen LogP) is -13.4. The van der Waals surface area contributed by atoms with Gasteiger partial charge in [0.05, 0.1) is 55.3 Å². The molecule has 1 unspecified atom stereocenters. The molecule has 0 radical (unpaired) electrons. The number of carbonyl (C=O) groups excluding carboxylic acids is 12. The Balaban J connectivity index is 3.99. The second kappa shape index (κ2) is 50.5. The summed E-state index contributed by atoms with van der Waals surface area (Å²) in [6.07, 6.45) is -36.6. The summed E-state index contributed by atoms with van der Waals surface area (Å²) in [5.74, 6) is -22.1. The van der Waals surface area contributed by atoms with Crippen molar-refractivity contribution in [2.45, 2.75) is 231 Å². The van der Waals surface area contributed by atoms with Crippen LogP contribution in [0.1, 0.15) is 116 Å². The Hall–Kier alpha value is -8.17. The number of hydrogen-bond acceptors (Lipinski definition) is 33. The molecule has 1 rings (SSSR count). The number of Topliss-reactive ketones (excluding diaryl/α,β-unsaturated/α-hetero) is 2. The Kier molecular flexibility index (Phi) is 45.8. The molecule has 0 bridgehead atoms. The molecule has 10 amide bonds. The fraction of sp³-hybridized carbons (Fsp3) is 0.742. The zero-order chi connectivity index (χ0) is 82.4. The minimum Gasteiger partial charge on any atom is -0.481 e. The van der Waals surface area contributed by atoms with E-state index >= 15 is 0 Å². The van der Waals surface area contributed by atoms with Crippen molar-refractivity contribution in [3.63, 3.8) is 0 Å². The number of likely N-dealkylation sites (tertiary alicyclic amines) is 1. The molecule has 1 heterocycles. The van der Waals surface area contributed by atoms with Gasteiger partial charge in [-0.2, -0.15) is 0 Å². The van der Waals surface area contributed by atoms with Crippen molar-refractivity contribution in [2.75, 3.05) is 51.8 Å². The summed E-state index contributed by atoms with van der Waals surface area (Å²) in [5.41, 5.74) is 5.51. The minimum absolute atomic E-state index is 0.0490. The van der Waals surface area contributed by atoms with Crippen molar-refractivity contribution in [2.24, 2.45) is 11.7 Å². The number of ketones is 2. The SMILES string of the molecule is CCC(=O)CCCN1C(=O)CC(SC[C@@H](CC(=O)[C@H](CCC(=O)NC[C@H](O)[C@@H](O)[C@H](O)[C@H](O)CO)NC(=O)[C@@H](CCC(=O)O)NC(=O)[C@H](CCC(=O)NC[C@H](O)[C@@H](O)[C@H](O)[C@H](O)CO)NC(=O)[C@@H](CCC(=O)O)NC(=O)[C@H](CCC(=O)NC[C@H](O)[C@@H](O)[C@H](O)[C@H](O)CO)NC(=O)CC[C@H](N)C(=O)O)C(=O)O)C1=O. The molecule has 29 N–H and O–H groups in total. The van der Waals surface area contributed by atoms with Crippen LogP contribution in [0.15, 0.2) is 0 Å². The van der Waals surface area contributed by atoms with Gasteiger partial charge >= 0.3 is 23.9 Å². The first-order valence-electron chi connectivity index (χ1n) is 34.0. The number of aliphatic carboxylic acids is 4. The van der Waals surface area contributed by atoms with E-state index in [1.165, 1.54) is 0 Å². The Morgan fingerprint density at radius 2 is 0.778 bits per heavy atom. The molecule has 1 saturated heterocycles. The summed E-state index contributed by atoms with van der Waals surface area (Å²) in [6, 6.07) is -12.2. The van der Waals surface area contributed by atoms with Gasteiger partial charge in [0.1, 0.15) is 90.9 Å². The lowest BCUT2D eigenvalue weighted by Crippen LogP contribution is -2.59. The summed E-state index contributed by atoms with van der Waals surface area (Å²) in [6.45, 7) is -4.46. The molecule has 0 saturated carbocycles. The van der Waals surface area contributed by atoms with Gasteiger partial charge in [0.2, 0.25) is 59.1 Å². The summed E-state index contributed by atoms with van der Waals surface area (Å²) in [7, 11) is 0. The van der Waals surface area contributed by atoms with Crippen LogP contribution in [0.5, 0.6) is 0 Å². The van der Waals surface area contributed by atoms with Gasteiger partial charge in [0.25, 0.3) is 0 Å². The molecule has 0 spiro atoms. The molecule has 46 heteroatoms. The summed E-state index contributed by atoms with van der Waals surface area (Å²) < 4.78 is 0. The Labute approximate surface area is 619 Å². The smallest absolute Gasteiger partial charge is 0.320 e. The number of hydrogen-bond donors (Lipinski definition) is 28. The second-order valence-electron chi connectivity index (χ2n) is 25.2. The van der Waals surface area contributed by atoms with Crippen LogP contribution in [0.25, 0.3) is 0 Å². The standard InChI is InChI=1S/C62H102N10O35S/c1-2-28(76)4-3-17-72-47(88)19-42(60(72)103)108-26-27(61(104)105)18-35(77)30(6-12-43(84)64-20-36(78)50(93)53(96)39(81)23-73)68-57(100)33(9-15-48(89)90)71-58(101)32(8-14-45(86)66-22-38(80)52(95)55(98)41(83)25-75)69-59(102)34(10-16-49(91)92)70-56(99)31(67-46(87)11-5-29(63)62(106)107)7-13-44(85)65-21-37(79)51(94)54(97)40(82)24-74/h27,29-34,36-42,50-55,73-75,78-83,93-98H,2-26,63H2,1H3,(H,64,84)(H,65,85)(H,66,86)(H,67,87)(H,68,100)(H,69,102)(H,70,99)(H,71,101)(H,89,90)(H,91,92)(H,104,105)(H,106,107)/t27-,29+,30+,31+,32+,33-,34-,36+,37+,38+,39-,40-,41-,42?,50-,51-,52-,53-,54-,55-/m1/s1. The van der Waals surface area contributed by atoms with Crippen LogP contribution in [0.4, 0.5) is 0 Å². The van der Waals surface area contributed by atoms with Crippen molar-refractivity contribution in [1.82, 2.24) is 47.4 Å². The first-order valence-corrected chi connectivity index (χ1v) is 35.1. The van der Waals surface area contributed by atoms with Gasteiger partial charge < -0.3 is 145 Å². The van der Waals surface area contributed by atoms with Crippen LogP contribution in [-0.4, -0.2) is 363 Å². The maximum Gasteiger partial charge on any atom is 0.320 e. The molecule has 616 valence electrons. The lowest BCUT2D eigenvalue weighted by atomic mass is 9.96. The average Bonchev–Trinajstić information content (AvgIpc) is 1.66. The van der Waals surface area contributed by atoms with E-state index in [0.717, 1.165) is 4.90 Å². The number of nitrogens with one attached hydrogen (secondary N) is 8.